The molecule has 21 heavy (non-hydrogen) atoms. The summed E-state index contributed by atoms with van der Waals surface area (Å²) in [5, 5.41) is 14.3. The van der Waals surface area contributed by atoms with E-state index in [0.29, 0.717) is 17.1 Å². The Morgan fingerprint density at radius 2 is 1.90 bits per heavy atom. The van der Waals surface area contributed by atoms with Crippen LogP contribution < -0.4 is 15.8 Å². The molecular formula is C15H17N3O3. The Labute approximate surface area is 122 Å². The molecule has 110 valence electrons. The van der Waals surface area contributed by atoms with Gasteiger partial charge in [0.15, 0.2) is 0 Å². The van der Waals surface area contributed by atoms with Gasteiger partial charge in [-0.15, -0.1) is 0 Å². The third-order valence-electron chi connectivity index (χ3n) is 3.21. The minimum Gasteiger partial charge on any atom is -0.496 e. The maximum Gasteiger partial charge on any atom is 0.296 e. The summed E-state index contributed by atoms with van der Waals surface area (Å²) >= 11 is 0. The van der Waals surface area contributed by atoms with Crippen molar-refractivity contribution in [2.24, 2.45) is 0 Å². The predicted octanol–water partition coefficient (Wildman–Crippen LogP) is 3.36. The van der Waals surface area contributed by atoms with E-state index in [2.05, 4.69) is 5.32 Å². The van der Waals surface area contributed by atoms with Gasteiger partial charge in [0, 0.05) is 11.7 Å². The van der Waals surface area contributed by atoms with Crippen molar-refractivity contribution >= 4 is 17.1 Å². The third-order valence-corrected chi connectivity index (χ3v) is 3.21. The van der Waals surface area contributed by atoms with E-state index in [1.807, 2.05) is 19.1 Å². The van der Waals surface area contributed by atoms with Crippen molar-refractivity contribution in [3.63, 3.8) is 0 Å². The normalized spacial score (nSPS) is 11.7. The lowest BCUT2D eigenvalue weighted by atomic mass is 10.1. The van der Waals surface area contributed by atoms with E-state index in [4.69, 9.17) is 10.5 Å². The number of ether oxygens (including phenoxy) is 1. The molecule has 2 aromatic rings. The van der Waals surface area contributed by atoms with Crippen LogP contribution in [0.4, 0.5) is 17.1 Å². The summed E-state index contributed by atoms with van der Waals surface area (Å²) in [5.41, 5.74) is 7.76. The van der Waals surface area contributed by atoms with Crippen LogP contribution in [-0.2, 0) is 0 Å². The second-order valence-electron chi connectivity index (χ2n) is 4.67. The van der Waals surface area contributed by atoms with Crippen molar-refractivity contribution in [2.75, 3.05) is 18.2 Å². The predicted molar refractivity (Wildman–Crippen MR) is 82.5 cm³/mol. The monoisotopic (exact) mass is 287 g/mol. The molecule has 0 aliphatic heterocycles. The highest BCUT2D eigenvalue weighted by Gasteiger charge is 2.17. The lowest BCUT2D eigenvalue weighted by molar-refractivity contribution is -0.384. The van der Waals surface area contributed by atoms with E-state index in [9.17, 15) is 10.1 Å². The first kappa shape index (κ1) is 14.6. The maximum absolute atomic E-state index is 11.1. The number of rotatable bonds is 5. The van der Waals surface area contributed by atoms with Crippen LogP contribution in [0.5, 0.6) is 5.75 Å². The Bertz CT molecular complexity index is 641. The number of nitrogen functional groups attached to an aromatic ring is 1. The van der Waals surface area contributed by atoms with Crippen LogP contribution in [0.1, 0.15) is 18.5 Å². The molecule has 0 fully saturated rings. The lowest BCUT2D eigenvalue weighted by Gasteiger charge is -2.16. The van der Waals surface area contributed by atoms with Gasteiger partial charge in [0.1, 0.15) is 11.4 Å². The van der Waals surface area contributed by atoms with E-state index in [1.54, 1.807) is 24.3 Å². The Morgan fingerprint density at radius 3 is 2.48 bits per heavy atom. The number of benzene rings is 2. The number of nitrogens with one attached hydrogen (secondary N) is 1. The number of nitro benzene ring substituents is 1. The fourth-order valence-electron chi connectivity index (χ4n) is 2.01. The van der Waals surface area contributed by atoms with E-state index in [0.717, 1.165) is 5.56 Å². The molecule has 0 saturated heterocycles. The van der Waals surface area contributed by atoms with Gasteiger partial charge in [0.2, 0.25) is 0 Å². The van der Waals surface area contributed by atoms with Crippen LogP contribution in [0.25, 0.3) is 0 Å². The number of nitro groups is 1. The summed E-state index contributed by atoms with van der Waals surface area (Å²) in [4.78, 5) is 10.7. The Kier molecular flexibility index (Phi) is 4.27. The minimum atomic E-state index is -0.430. The topological polar surface area (TPSA) is 90.4 Å². The van der Waals surface area contributed by atoms with Gasteiger partial charge in [0.25, 0.3) is 5.69 Å². The first-order chi connectivity index (χ1) is 10.0. The minimum absolute atomic E-state index is 0.0170. The molecule has 1 unspecified atom stereocenters. The number of nitrogens with zero attached hydrogens (tertiary/aromatic N) is 1. The standard InChI is InChI=1S/C15H17N3O3/c1-10(11-3-5-12(16)6-4-11)17-14-8-7-13(21-2)9-15(14)18(19)20/h3-10,17H,16H2,1-2H3. The van der Waals surface area contributed by atoms with Crippen LogP contribution in [0.15, 0.2) is 42.5 Å². The summed E-state index contributed by atoms with van der Waals surface area (Å²) in [6, 6.07) is 12.0. The Hall–Kier alpha value is -2.76. The quantitative estimate of drug-likeness (QED) is 0.500. The molecule has 0 spiro atoms. The highest BCUT2D eigenvalue weighted by Crippen LogP contribution is 2.31. The fourth-order valence-corrected chi connectivity index (χ4v) is 2.01. The van der Waals surface area contributed by atoms with Crippen molar-refractivity contribution in [3.8, 4) is 5.75 Å². The zero-order chi connectivity index (χ0) is 15.4. The smallest absolute Gasteiger partial charge is 0.296 e. The summed E-state index contributed by atoms with van der Waals surface area (Å²) < 4.78 is 5.02. The van der Waals surface area contributed by atoms with Crippen molar-refractivity contribution in [2.45, 2.75) is 13.0 Å². The van der Waals surface area contributed by atoms with E-state index in [1.165, 1.54) is 13.2 Å². The zero-order valence-corrected chi connectivity index (χ0v) is 11.9. The van der Waals surface area contributed by atoms with Gasteiger partial charge in [-0.3, -0.25) is 10.1 Å². The van der Waals surface area contributed by atoms with Gasteiger partial charge in [-0.2, -0.15) is 0 Å². The lowest BCUT2D eigenvalue weighted by Crippen LogP contribution is -2.08. The number of hydrogen-bond donors (Lipinski definition) is 2. The summed E-state index contributed by atoms with van der Waals surface area (Å²) in [6.07, 6.45) is 0. The Balaban J connectivity index is 2.26. The molecule has 0 amide bonds. The third kappa shape index (κ3) is 3.42. The average Bonchev–Trinajstić information content (AvgIpc) is 2.48. The number of anilines is 2. The molecule has 1 atom stereocenters. The molecule has 0 heterocycles. The van der Waals surface area contributed by atoms with Gasteiger partial charge in [-0.1, -0.05) is 12.1 Å². The van der Waals surface area contributed by atoms with Crippen LogP contribution >= 0.6 is 0 Å². The SMILES string of the molecule is COc1ccc(NC(C)c2ccc(N)cc2)c([N+](=O)[O-])c1. The fraction of sp³-hybridized carbons (Fsp3) is 0.200. The Morgan fingerprint density at radius 1 is 1.24 bits per heavy atom. The maximum atomic E-state index is 11.1. The molecular weight excluding hydrogens is 270 g/mol. The molecule has 2 aromatic carbocycles. The zero-order valence-electron chi connectivity index (χ0n) is 11.9. The highest BCUT2D eigenvalue weighted by molar-refractivity contribution is 5.64. The number of hydrogen-bond acceptors (Lipinski definition) is 5. The number of nitrogens with two attached hydrogens (primary N) is 1. The van der Waals surface area contributed by atoms with Gasteiger partial charge in [0.05, 0.1) is 18.1 Å². The van der Waals surface area contributed by atoms with Crippen molar-refractivity contribution < 1.29 is 9.66 Å². The largest absolute Gasteiger partial charge is 0.496 e. The van der Waals surface area contributed by atoms with Gasteiger partial charge in [-0.25, -0.2) is 0 Å². The van der Waals surface area contributed by atoms with Gasteiger partial charge < -0.3 is 15.8 Å². The van der Waals surface area contributed by atoms with Crippen LogP contribution in [0.2, 0.25) is 0 Å². The molecule has 0 saturated carbocycles. The molecule has 0 bridgehead atoms. The molecule has 6 heteroatoms. The van der Waals surface area contributed by atoms with E-state index in [-0.39, 0.29) is 11.7 Å². The van der Waals surface area contributed by atoms with Crippen LogP contribution in [0, 0.1) is 10.1 Å². The van der Waals surface area contributed by atoms with E-state index >= 15 is 0 Å². The molecule has 0 aliphatic rings. The second-order valence-corrected chi connectivity index (χ2v) is 4.67. The molecule has 6 nitrogen and oxygen atoms in total. The molecule has 0 radical (unpaired) electrons. The first-order valence-corrected chi connectivity index (χ1v) is 6.45. The van der Waals surface area contributed by atoms with Crippen LogP contribution in [0.3, 0.4) is 0 Å². The highest BCUT2D eigenvalue weighted by atomic mass is 16.6. The second kappa shape index (κ2) is 6.13. The molecule has 0 aliphatic carbocycles. The molecule has 0 aromatic heterocycles. The summed E-state index contributed by atoms with van der Waals surface area (Å²) in [5.74, 6) is 0.451. The molecule has 3 N–H and O–H groups in total. The van der Waals surface area contributed by atoms with Gasteiger partial charge in [-0.05, 0) is 36.8 Å². The van der Waals surface area contributed by atoms with Crippen molar-refractivity contribution in [3.05, 3.63) is 58.1 Å². The van der Waals surface area contributed by atoms with Crippen molar-refractivity contribution in [1.29, 1.82) is 0 Å². The first-order valence-electron chi connectivity index (χ1n) is 6.45. The van der Waals surface area contributed by atoms with E-state index < -0.39 is 4.92 Å². The van der Waals surface area contributed by atoms with Gasteiger partial charge >= 0.3 is 0 Å². The summed E-state index contributed by atoms with van der Waals surface area (Å²) in [6.45, 7) is 1.93. The summed E-state index contributed by atoms with van der Waals surface area (Å²) in [7, 11) is 1.48. The van der Waals surface area contributed by atoms with Crippen LogP contribution in [-0.4, -0.2) is 12.0 Å². The number of methoxy groups -OCH3 is 1. The molecule has 2 rings (SSSR count). The average molecular weight is 287 g/mol. The van der Waals surface area contributed by atoms with Crippen molar-refractivity contribution in [1.82, 2.24) is 0 Å².